The Balaban J connectivity index is 1.76. The van der Waals surface area contributed by atoms with Crippen LogP contribution in [0.5, 0.6) is 0 Å². The predicted molar refractivity (Wildman–Crippen MR) is 81.0 cm³/mol. The Hall–Kier alpha value is -0.460. The summed E-state index contributed by atoms with van der Waals surface area (Å²) in [5.74, 6) is 6.31. The third kappa shape index (κ3) is 2.92. The molecule has 3 atom stereocenters. The molecule has 3 N–H and O–H groups in total. The molecule has 0 amide bonds. The number of nitrogens with two attached hydrogens (primary N) is 1. The van der Waals surface area contributed by atoms with Crippen LogP contribution < -0.4 is 11.3 Å². The van der Waals surface area contributed by atoms with Crippen molar-refractivity contribution in [2.75, 3.05) is 19.8 Å². The molecule has 0 saturated carbocycles. The van der Waals surface area contributed by atoms with Gasteiger partial charge in [0.05, 0.1) is 12.2 Å². The minimum atomic E-state index is -0.0760. The summed E-state index contributed by atoms with van der Waals surface area (Å²) < 4.78 is 12.6. The van der Waals surface area contributed by atoms with Gasteiger partial charge in [-0.1, -0.05) is 28.1 Å². The largest absolute Gasteiger partial charge is 0.378 e. The molecule has 2 heterocycles. The van der Waals surface area contributed by atoms with Gasteiger partial charge in [-0.3, -0.25) is 11.3 Å². The fourth-order valence-corrected chi connectivity index (χ4v) is 3.65. The molecule has 110 valence electrons. The maximum atomic E-state index is 6.01. The van der Waals surface area contributed by atoms with Gasteiger partial charge < -0.3 is 9.47 Å². The number of hydrogen-bond acceptors (Lipinski definition) is 4. The quantitative estimate of drug-likeness (QED) is 0.655. The van der Waals surface area contributed by atoms with Gasteiger partial charge in [-0.2, -0.15) is 0 Å². The topological polar surface area (TPSA) is 56.5 Å². The van der Waals surface area contributed by atoms with E-state index in [-0.39, 0.29) is 11.6 Å². The fourth-order valence-electron chi connectivity index (χ4n) is 3.39. The normalized spacial score (nSPS) is 31.6. The van der Waals surface area contributed by atoms with Crippen LogP contribution in [-0.4, -0.2) is 25.4 Å². The predicted octanol–water partition coefficient (Wildman–Crippen LogP) is 2.54. The van der Waals surface area contributed by atoms with Gasteiger partial charge in [0.2, 0.25) is 0 Å². The van der Waals surface area contributed by atoms with Gasteiger partial charge in [-0.15, -0.1) is 0 Å². The summed E-state index contributed by atoms with van der Waals surface area (Å²) in [6.45, 7) is 2.33. The minimum absolute atomic E-state index is 0.0760. The van der Waals surface area contributed by atoms with E-state index in [0.717, 1.165) is 43.6 Å². The van der Waals surface area contributed by atoms with E-state index in [1.165, 1.54) is 5.56 Å². The molecule has 2 saturated heterocycles. The Kier molecular flexibility index (Phi) is 4.43. The third-order valence-corrected chi connectivity index (χ3v) is 5.01. The summed E-state index contributed by atoms with van der Waals surface area (Å²) in [4.78, 5) is 0. The molecule has 2 fully saturated rings. The first kappa shape index (κ1) is 14.5. The van der Waals surface area contributed by atoms with Crippen molar-refractivity contribution in [3.63, 3.8) is 0 Å². The SMILES string of the molecule is NNC(c1ccc(Br)cc1)C1CCOC2(CCOC2)C1. The number of rotatable bonds is 3. The number of halogens is 1. The molecule has 4 nitrogen and oxygen atoms in total. The van der Waals surface area contributed by atoms with Crippen molar-refractivity contribution in [2.24, 2.45) is 11.8 Å². The van der Waals surface area contributed by atoms with Gasteiger partial charge in [-0.25, -0.2) is 0 Å². The first-order valence-electron chi connectivity index (χ1n) is 7.16. The highest BCUT2D eigenvalue weighted by atomic mass is 79.9. The van der Waals surface area contributed by atoms with Crippen LogP contribution in [0.1, 0.15) is 30.9 Å². The van der Waals surface area contributed by atoms with Gasteiger partial charge in [0.25, 0.3) is 0 Å². The van der Waals surface area contributed by atoms with Gasteiger partial charge >= 0.3 is 0 Å². The molecule has 20 heavy (non-hydrogen) atoms. The molecule has 0 bridgehead atoms. The maximum absolute atomic E-state index is 6.01. The van der Waals surface area contributed by atoms with E-state index in [2.05, 4.69) is 45.6 Å². The molecule has 5 heteroatoms. The fraction of sp³-hybridized carbons (Fsp3) is 0.600. The van der Waals surface area contributed by atoms with Crippen molar-refractivity contribution in [1.29, 1.82) is 0 Å². The van der Waals surface area contributed by atoms with Crippen LogP contribution in [0.15, 0.2) is 28.7 Å². The van der Waals surface area contributed by atoms with E-state index < -0.39 is 0 Å². The Bertz CT molecular complexity index is 446. The number of benzene rings is 1. The highest BCUT2D eigenvalue weighted by molar-refractivity contribution is 9.10. The van der Waals surface area contributed by atoms with Crippen molar-refractivity contribution >= 4 is 15.9 Å². The minimum Gasteiger partial charge on any atom is -0.378 e. The van der Waals surface area contributed by atoms with Crippen molar-refractivity contribution in [2.45, 2.75) is 30.9 Å². The Morgan fingerprint density at radius 3 is 2.75 bits per heavy atom. The Morgan fingerprint density at radius 1 is 1.30 bits per heavy atom. The summed E-state index contributed by atoms with van der Waals surface area (Å²) in [5, 5.41) is 0. The van der Waals surface area contributed by atoms with Gasteiger partial charge in [0.1, 0.15) is 0 Å². The molecule has 0 radical (unpaired) electrons. The first-order chi connectivity index (χ1) is 9.72. The van der Waals surface area contributed by atoms with Gasteiger partial charge in [0, 0.05) is 30.1 Å². The zero-order chi connectivity index (χ0) is 14.0. The van der Waals surface area contributed by atoms with Crippen molar-refractivity contribution in [3.05, 3.63) is 34.3 Å². The molecule has 0 aliphatic carbocycles. The van der Waals surface area contributed by atoms with Crippen LogP contribution in [0.25, 0.3) is 0 Å². The molecule has 1 aromatic rings. The first-order valence-corrected chi connectivity index (χ1v) is 7.95. The van der Waals surface area contributed by atoms with E-state index in [1.807, 2.05) is 0 Å². The summed E-state index contributed by atoms with van der Waals surface area (Å²) in [7, 11) is 0. The van der Waals surface area contributed by atoms with Crippen molar-refractivity contribution in [1.82, 2.24) is 5.43 Å². The second-order valence-corrected chi connectivity index (χ2v) is 6.70. The van der Waals surface area contributed by atoms with Crippen LogP contribution in [0.3, 0.4) is 0 Å². The monoisotopic (exact) mass is 340 g/mol. The smallest absolute Gasteiger partial charge is 0.0940 e. The molecule has 2 aliphatic rings. The summed E-state index contributed by atoms with van der Waals surface area (Å²) in [5.41, 5.74) is 4.16. The number of hydrazine groups is 1. The summed E-state index contributed by atoms with van der Waals surface area (Å²) in [6, 6.07) is 8.55. The van der Waals surface area contributed by atoms with Crippen LogP contribution in [-0.2, 0) is 9.47 Å². The maximum Gasteiger partial charge on any atom is 0.0940 e. The van der Waals surface area contributed by atoms with E-state index in [4.69, 9.17) is 15.3 Å². The lowest BCUT2D eigenvalue weighted by Gasteiger charge is -2.40. The molecule has 2 aliphatic heterocycles. The third-order valence-electron chi connectivity index (χ3n) is 4.48. The molecule has 0 aromatic heterocycles. The molecular weight excluding hydrogens is 320 g/mol. The molecule has 3 unspecified atom stereocenters. The zero-order valence-electron chi connectivity index (χ0n) is 11.5. The second-order valence-electron chi connectivity index (χ2n) is 5.78. The lowest BCUT2D eigenvalue weighted by molar-refractivity contribution is -0.103. The van der Waals surface area contributed by atoms with E-state index >= 15 is 0 Å². The standard InChI is InChI=1S/C15H21BrN2O2/c16-13-3-1-11(2-4-13)14(18-17)12-5-7-20-15(9-12)6-8-19-10-15/h1-4,12,14,18H,5-10,17H2. The average molecular weight is 341 g/mol. The van der Waals surface area contributed by atoms with E-state index in [9.17, 15) is 0 Å². The molecule has 1 aromatic carbocycles. The van der Waals surface area contributed by atoms with Crippen molar-refractivity contribution < 1.29 is 9.47 Å². The van der Waals surface area contributed by atoms with E-state index in [1.54, 1.807) is 0 Å². The lowest BCUT2D eigenvalue weighted by Crippen LogP contribution is -2.45. The van der Waals surface area contributed by atoms with Gasteiger partial charge in [0.15, 0.2) is 0 Å². The average Bonchev–Trinajstić information content (AvgIpc) is 2.90. The Morgan fingerprint density at radius 2 is 2.10 bits per heavy atom. The van der Waals surface area contributed by atoms with Gasteiger partial charge in [-0.05, 0) is 36.5 Å². The van der Waals surface area contributed by atoms with Crippen LogP contribution in [0, 0.1) is 5.92 Å². The van der Waals surface area contributed by atoms with E-state index in [0.29, 0.717) is 5.92 Å². The number of nitrogens with one attached hydrogen (secondary N) is 1. The lowest BCUT2D eigenvalue weighted by atomic mass is 9.79. The zero-order valence-corrected chi connectivity index (χ0v) is 13.1. The number of hydrogen-bond donors (Lipinski definition) is 2. The number of ether oxygens (including phenoxy) is 2. The Labute approximate surface area is 128 Å². The summed E-state index contributed by atoms with van der Waals surface area (Å²) >= 11 is 3.47. The molecular formula is C15H21BrN2O2. The highest BCUT2D eigenvalue weighted by Gasteiger charge is 2.43. The molecule has 3 rings (SSSR count). The summed E-state index contributed by atoms with van der Waals surface area (Å²) in [6.07, 6.45) is 3.05. The van der Waals surface area contributed by atoms with Crippen LogP contribution in [0.4, 0.5) is 0 Å². The second kappa shape index (κ2) is 6.12. The van der Waals surface area contributed by atoms with Crippen LogP contribution in [0.2, 0.25) is 0 Å². The molecule has 1 spiro atoms. The van der Waals surface area contributed by atoms with Crippen LogP contribution >= 0.6 is 15.9 Å². The van der Waals surface area contributed by atoms with Crippen molar-refractivity contribution in [3.8, 4) is 0 Å². The highest BCUT2D eigenvalue weighted by Crippen LogP contribution is 2.40.